The van der Waals surface area contributed by atoms with Crippen molar-refractivity contribution in [3.63, 3.8) is 0 Å². The molecular formula is C23H22N2O3S2. The normalized spacial score (nSPS) is 15.3. The quantitative estimate of drug-likeness (QED) is 0.384. The molecule has 3 aromatic rings. The molecule has 1 aromatic heterocycles. The van der Waals surface area contributed by atoms with Crippen LogP contribution in [0, 0.1) is 0 Å². The third kappa shape index (κ3) is 4.28. The molecule has 0 aliphatic carbocycles. The van der Waals surface area contributed by atoms with Gasteiger partial charge < -0.3 is 14.8 Å². The van der Waals surface area contributed by atoms with Gasteiger partial charge in [-0.1, -0.05) is 83.8 Å². The molecule has 5 nitrogen and oxygen atoms in total. The fraction of sp³-hybridized carbons (Fsp3) is 0.217. The third-order valence-corrected chi connectivity index (χ3v) is 6.67. The van der Waals surface area contributed by atoms with Crippen molar-refractivity contribution in [1.29, 1.82) is 0 Å². The number of thiazole rings is 1. The van der Waals surface area contributed by atoms with Crippen LogP contribution in [0.25, 0.3) is 0 Å². The van der Waals surface area contributed by atoms with E-state index in [4.69, 9.17) is 14.5 Å². The number of rotatable bonds is 7. The molecule has 2 aromatic carbocycles. The van der Waals surface area contributed by atoms with E-state index in [1.807, 2.05) is 66.9 Å². The number of ether oxygens (including phenoxy) is 2. The number of hydrogen-bond acceptors (Lipinski definition) is 7. The first-order valence-electron chi connectivity index (χ1n) is 9.65. The Kier molecular flexibility index (Phi) is 6.52. The second-order valence-corrected chi connectivity index (χ2v) is 8.63. The first kappa shape index (κ1) is 20.7. The van der Waals surface area contributed by atoms with Gasteiger partial charge in [0.05, 0.1) is 12.2 Å². The predicted octanol–water partition coefficient (Wildman–Crippen LogP) is 5.58. The van der Waals surface area contributed by atoms with E-state index in [2.05, 4.69) is 5.32 Å². The summed E-state index contributed by atoms with van der Waals surface area (Å²) < 4.78 is 12.9. The van der Waals surface area contributed by atoms with Crippen molar-refractivity contribution in [3.05, 3.63) is 89.3 Å². The average Bonchev–Trinajstić information content (AvgIpc) is 3.22. The molecule has 0 spiro atoms. The Morgan fingerprint density at radius 3 is 2.33 bits per heavy atom. The van der Waals surface area contributed by atoms with Gasteiger partial charge >= 0.3 is 5.97 Å². The van der Waals surface area contributed by atoms with E-state index in [1.54, 1.807) is 36.2 Å². The Morgan fingerprint density at radius 1 is 1.13 bits per heavy atom. The molecule has 7 heteroatoms. The Balaban J connectivity index is 1.76. The number of fused-ring (bicyclic) bond motifs is 1. The van der Waals surface area contributed by atoms with Gasteiger partial charge in [-0.15, -0.1) is 0 Å². The van der Waals surface area contributed by atoms with Crippen LogP contribution in [0.3, 0.4) is 0 Å². The lowest BCUT2D eigenvalue weighted by molar-refractivity contribution is -0.140. The molecule has 0 fully saturated rings. The summed E-state index contributed by atoms with van der Waals surface area (Å²) in [4.78, 5) is 17.4. The monoisotopic (exact) mass is 438 g/mol. The van der Waals surface area contributed by atoms with Crippen molar-refractivity contribution in [3.8, 4) is 0 Å². The molecule has 0 saturated heterocycles. The van der Waals surface area contributed by atoms with Crippen molar-refractivity contribution < 1.29 is 14.3 Å². The van der Waals surface area contributed by atoms with E-state index in [0.29, 0.717) is 17.9 Å². The Hall–Kier alpha value is -2.61. The molecule has 154 valence electrons. The van der Waals surface area contributed by atoms with Crippen LogP contribution in [-0.4, -0.2) is 23.8 Å². The number of aromatic nitrogens is 1. The maximum atomic E-state index is 12.7. The van der Waals surface area contributed by atoms with Gasteiger partial charge in [-0.3, -0.25) is 0 Å². The minimum atomic E-state index is -0.636. The average molecular weight is 439 g/mol. The Labute approximate surface area is 184 Å². The summed E-state index contributed by atoms with van der Waals surface area (Å²) in [7, 11) is 0. The number of anilines is 1. The number of nitrogens with one attached hydrogen (secondary N) is 1. The first-order chi connectivity index (χ1) is 14.7. The number of thioether (sulfide) groups is 1. The summed E-state index contributed by atoms with van der Waals surface area (Å²) in [5.74, 6) is -0.403. The second kappa shape index (κ2) is 9.47. The van der Waals surface area contributed by atoms with Gasteiger partial charge in [0.15, 0.2) is 4.34 Å². The van der Waals surface area contributed by atoms with Crippen molar-refractivity contribution >= 4 is 34.1 Å². The zero-order valence-corrected chi connectivity index (χ0v) is 18.3. The topological polar surface area (TPSA) is 60.5 Å². The molecule has 30 heavy (non-hydrogen) atoms. The van der Waals surface area contributed by atoms with Crippen LogP contribution in [0.1, 0.15) is 36.0 Å². The predicted molar refractivity (Wildman–Crippen MR) is 121 cm³/mol. The van der Waals surface area contributed by atoms with E-state index in [0.717, 1.165) is 20.5 Å². The second-order valence-electron chi connectivity index (χ2n) is 6.58. The highest BCUT2D eigenvalue weighted by Gasteiger charge is 2.35. The molecule has 0 saturated carbocycles. The molecule has 1 unspecified atom stereocenters. The van der Waals surface area contributed by atoms with Gasteiger partial charge in [0.1, 0.15) is 22.9 Å². The summed E-state index contributed by atoms with van der Waals surface area (Å²) in [5.41, 5.74) is 3.14. The number of carbonyl (C=O) groups excluding carboxylic acids is 1. The van der Waals surface area contributed by atoms with E-state index >= 15 is 0 Å². The molecule has 1 aliphatic heterocycles. The number of benzene rings is 2. The SMILES string of the molecule is CCOC(=O)C1=CNc2sc(SC)nc2C1OC(c1ccccc1)c1ccccc1. The number of esters is 1. The van der Waals surface area contributed by atoms with Crippen molar-refractivity contribution in [2.45, 2.75) is 23.5 Å². The van der Waals surface area contributed by atoms with Gasteiger partial charge in [0.25, 0.3) is 0 Å². The molecule has 0 radical (unpaired) electrons. The minimum Gasteiger partial charge on any atom is -0.463 e. The molecule has 0 bridgehead atoms. The molecule has 0 amide bonds. The molecule has 1 aliphatic rings. The van der Waals surface area contributed by atoms with Gasteiger partial charge in [0.2, 0.25) is 0 Å². The van der Waals surface area contributed by atoms with Gasteiger partial charge in [-0.25, -0.2) is 9.78 Å². The highest BCUT2D eigenvalue weighted by Crippen LogP contribution is 2.44. The fourth-order valence-electron chi connectivity index (χ4n) is 3.31. The first-order valence-corrected chi connectivity index (χ1v) is 11.7. The number of hydrogen-bond donors (Lipinski definition) is 1. The van der Waals surface area contributed by atoms with Gasteiger partial charge in [-0.05, 0) is 24.3 Å². The van der Waals surface area contributed by atoms with E-state index < -0.39 is 12.1 Å². The largest absolute Gasteiger partial charge is 0.463 e. The lowest BCUT2D eigenvalue weighted by Crippen LogP contribution is -2.24. The van der Waals surface area contributed by atoms with E-state index in [9.17, 15) is 4.79 Å². The van der Waals surface area contributed by atoms with E-state index in [1.165, 1.54) is 0 Å². The zero-order chi connectivity index (χ0) is 20.9. The highest BCUT2D eigenvalue weighted by atomic mass is 32.2. The molecular weight excluding hydrogens is 416 g/mol. The summed E-state index contributed by atoms with van der Waals surface area (Å²) in [6.07, 6.45) is 2.67. The van der Waals surface area contributed by atoms with Gasteiger partial charge in [0, 0.05) is 6.20 Å². The third-order valence-electron chi connectivity index (χ3n) is 4.69. The molecule has 2 heterocycles. The highest BCUT2D eigenvalue weighted by molar-refractivity contribution is 8.00. The number of carbonyl (C=O) groups is 1. The summed E-state index contributed by atoms with van der Waals surface area (Å²) in [5, 5.41) is 4.08. The standard InChI is InChI=1S/C23H22N2O3S2/c1-3-27-22(26)17-14-24-21-18(25-23(29-2)30-21)20(17)28-19(15-10-6-4-7-11-15)16-12-8-5-9-13-16/h4-14,19-20,24H,3H2,1-2H3. The molecule has 1 atom stereocenters. The molecule has 4 rings (SSSR count). The summed E-state index contributed by atoms with van der Waals surface area (Å²) >= 11 is 3.12. The lowest BCUT2D eigenvalue weighted by Gasteiger charge is -2.28. The fourth-order valence-corrected chi connectivity index (χ4v) is 4.77. The van der Waals surface area contributed by atoms with Crippen LogP contribution in [0.4, 0.5) is 5.00 Å². The maximum Gasteiger partial charge on any atom is 0.338 e. The Morgan fingerprint density at radius 2 is 1.77 bits per heavy atom. The van der Waals surface area contributed by atoms with Crippen LogP contribution < -0.4 is 5.32 Å². The van der Waals surface area contributed by atoms with Crippen LogP contribution in [0.15, 0.2) is 76.8 Å². The van der Waals surface area contributed by atoms with Crippen LogP contribution in [0.5, 0.6) is 0 Å². The molecule has 1 N–H and O–H groups in total. The van der Waals surface area contributed by atoms with Gasteiger partial charge in [-0.2, -0.15) is 0 Å². The van der Waals surface area contributed by atoms with Crippen molar-refractivity contribution in [2.75, 3.05) is 18.2 Å². The van der Waals surface area contributed by atoms with Crippen molar-refractivity contribution in [1.82, 2.24) is 4.98 Å². The maximum absolute atomic E-state index is 12.7. The smallest absolute Gasteiger partial charge is 0.338 e. The zero-order valence-electron chi connectivity index (χ0n) is 16.7. The van der Waals surface area contributed by atoms with Crippen molar-refractivity contribution in [2.24, 2.45) is 0 Å². The van der Waals surface area contributed by atoms with E-state index in [-0.39, 0.29) is 6.10 Å². The summed E-state index contributed by atoms with van der Waals surface area (Å²) in [6.45, 7) is 2.09. The van der Waals surface area contributed by atoms with Crippen LogP contribution in [-0.2, 0) is 14.3 Å². The lowest BCUT2D eigenvalue weighted by atomic mass is 9.99. The van der Waals surface area contributed by atoms with Crippen LogP contribution >= 0.6 is 23.1 Å². The number of nitrogens with zero attached hydrogens (tertiary/aromatic N) is 1. The summed E-state index contributed by atoms with van der Waals surface area (Å²) in [6, 6.07) is 20.0. The van der Waals surface area contributed by atoms with Crippen LogP contribution in [0.2, 0.25) is 0 Å². The minimum absolute atomic E-state index is 0.295. The Bertz CT molecular complexity index is 996.